The van der Waals surface area contributed by atoms with Gasteiger partial charge in [0.25, 0.3) is 0 Å². The average Bonchev–Trinajstić information content (AvgIpc) is 2.95. The molecule has 1 aromatic carbocycles. The third-order valence-corrected chi connectivity index (χ3v) is 5.84. The van der Waals surface area contributed by atoms with E-state index in [9.17, 15) is 0 Å². The molecule has 1 aromatic rings. The Labute approximate surface area is 128 Å². The highest BCUT2D eigenvalue weighted by atomic mass is 32.2. The largest absolute Gasteiger partial charge is 0.309 e. The number of thioether (sulfide) groups is 1. The zero-order valence-corrected chi connectivity index (χ0v) is 14.1. The molecule has 2 rings (SSSR count). The molecule has 0 bridgehead atoms. The molecule has 0 amide bonds. The fraction of sp³-hybridized carbons (Fsp3) is 0.667. The minimum Gasteiger partial charge on any atom is -0.309 e. The molecule has 0 saturated heterocycles. The molecular formula is C18H29NS. The highest BCUT2D eigenvalue weighted by molar-refractivity contribution is 7.99. The standard InChI is InChI=1S/C18H29NS/c1-4-11-19-18(13-20-17-7-5-6-8-17)16-10-9-14(2)15(3)12-16/h9-10,12,17-19H,4-8,11,13H2,1-3H3. The molecule has 2 heteroatoms. The van der Waals surface area contributed by atoms with Gasteiger partial charge in [-0.15, -0.1) is 0 Å². The molecule has 0 aliphatic heterocycles. The number of benzene rings is 1. The van der Waals surface area contributed by atoms with Gasteiger partial charge in [-0.1, -0.05) is 38.0 Å². The number of aryl methyl sites for hydroxylation is 2. The predicted octanol–water partition coefficient (Wildman–Crippen LogP) is 5.02. The van der Waals surface area contributed by atoms with Gasteiger partial charge in [-0.2, -0.15) is 11.8 Å². The Morgan fingerprint density at radius 3 is 2.60 bits per heavy atom. The van der Waals surface area contributed by atoms with Crippen LogP contribution in [0.1, 0.15) is 61.8 Å². The first-order valence-electron chi connectivity index (χ1n) is 8.13. The monoisotopic (exact) mass is 291 g/mol. The molecule has 1 unspecified atom stereocenters. The molecule has 1 nitrogen and oxygen atoms in total. The lowest BCUT2D eigenvalue weighted by Crippen LogP contribution is -2.25. The molecule has 0 spiro atoms. The van der Waals surface area contributed by atoms with Crippen molar-refractivity contribution >= 4 is 11.8 Å². The summed E-state index contributed by atoms with van der Waals surface area (Å²) in [7, 11) is 0. The molecule has 1 aliphatic rings. The fourth-order valence-electron chi connectivity index (χ4n) is 2.86. The molecule has 1 aliphatic carbocycles. The molecule has 0 aromatic heterocycles. The quantitative estimate of drug-likeness (QED) is 0.757. The van der Waals surface area contributed by atoms with E-state index in [-0.39, 0.29) is 0 Å². The van der Waals surface area contributed by atoms with Crippen LogP contribution < -0.4 is 5.32 Å². The summed E-state index contributed by atoms with van der Waals surface area (Å²) in [6.45, 7) is 7.78. The van der Waals surface area contributed by atoms with E-state index in [1.807, 2.05) is 0 Å². The maximum Gasteiger partial charge on any atom is 0.0412 e. The van der Waals surface area contributed by atoms with Gasteiger partial charge in [0.1, 0.15) is 0 Å². The van der Waals surface area contributed by atoms with Gasteiger partial charge >= 0.3 is 0 Å². The van der Waals surface area contributed by atoms with Crippen LogP contribution in [0.2, 0.25) is 0 Å². The van der Waals surface area contributed by atoms with E-state index in [0.717, 1.165) is 11.8 Å². The SMILES string of the molecule is CCCNC(CSC1CCCC1)c1ccc(C)c(C)c1. The van der Waals surface area contributed by atoms with Crippen molar-refractivity contribution in [3.8, 4) is 0 Å². The number of nitrogens with one attached hydrogen (secondary N) is 1. The summed E-state index contributed by atoms with van der Waals surface area (Å²) in [6, 6.07) is 7.47. The lowest BCUT2D eigenvalue weighted by Gasteiger charge is -2.21. The van der Waals surface area contributed by atoms with Crippen molar-refractivity contribution < 1.29 is 0 Å². The molecule has 20 heavy (non-hydrogen) atoms. The Morgan fingerprint density at radius 2 is 1.95 bits per heavy atom. The highest BCUT2D eigenvalue weighted by Gasteiger charge is 2.18. The van der Waals surface area contributed by atoms with Crippen molar-refractivity contribution in [3.05, 3.63) is 34.9 Å². The summed E-state index contributed by atoms with van der Waals surface area (Å²) >= 11 is 2.18. The Balaban J connectivity index is 1.99. The first-order chi connectivity index (χ1) is 9.70. The van der Waals surface area contributed by atoms with Gasteiger partial charge in [0.2, 0.25) is 0 Å². The number of hydrogen-bond donors (Lipinski definition) is 1. The number of rotatable bonds is 7. The van der Waals surface area contributed by atoms with Crippen LogP contribution >= 0.6 is 11.8 Å². The smallest absolute Gasteiger partial charge is 0.0412 e. The second-order valence-corrected chi connectivity index (χ2v) is 7.42. The molecular weight excluding hydrogens is 262 g/mol. The van der Waals surface area contributed by atoms with Crippen LogP contribution in [0, 0.1) is 13.8 Å². The van der Waals surface area contributed by atoms with E-state index in [4.69, 9.17) is 0 Å². The van der Waals surface area contributed by atoms with Gasteiger partial charge < -0.3 is 5.32 Å². The van der Waals surface area contributed by atoms with Crippen LogP contribution in [0.25, 0.3) is 0 Å². The van der Waals surface area contributed by atoms with E-state index in [1.54, 1.807) is 0 Å². The molecule has 1 atom stereocenters. The van der Waals surface area contributed by atoms with Crippen LogP contribution in [0.15, 0.2) is 18.2 Å². The summed E-state index contributed by atoms with van der Waals surface area (Å²) < 4.78 is 0. The topological polar surface area (TPSA) is 12.0 Å². The summed E-state index contributed by atoms with van der Waals surface area (Å²) in [5.74, 6) is 1.22. The average molecular weight is 292 g/mol. The molecule has 1 N–H and O–H groups in total. The molecule has 1 fully saturated rings. The Kier molecular flexibility index (Phi) is 6.44. The van der Waals surface area contributed by atoms with Crippen LogP contribution in [-0.4, -0.2) is 17.5 Å². The van der Waals surface area contributed by atoms with E-state index in [0.29, 0.717) is 6.04 Å². The maximum absolute atomic E-state index is 3.74. The van der Waals surface area contributed by atoms with Crippen molar-refractivity contribution in [3.63, 3.8) is 0 Å². The normalized spacial score (nSPS) is 17.6. The molecule has 112 valence electrons. The van der Waals surface area contributed by atoms with E-state index in [1.165, 1.54) is 54.5 Å². The second kappa shape index (κ2) is 8.09. The Hall–Kier alpha value is -0.470. The van der Waals surface area contributed by atoms with Gasteiger partial charge in [-0.05, 0) is 56.3 Å². The van der Waals surface area contributed by atoms with Gasteiger partial charge in [-0.25, -0.2) is 0 Å². The molecule has 0 radical (unpaired) electrons. The van der Waals surface area contributed by atoms with Crippen LogP contribution in [0.5, 0.6) is 0 Å². The lowest BCUT2D eigenvalue weighted by atomic mass is 10.0. The minimum absolute atomic E-state index is 0.514. The Morgan fingerprint density at radius 1 is 1.20 bits per heavy atom. The van der Waals surface area contributed by atoms with E-state index < -0.39 is 0 Å². The first kappa shape index (κ1) is 15.9. The fourth-order valence-corrected chi connectivity index (χ4v) is 4.30. The maximum atomic E-state index is 3.74. The van der Waals surface area contributed by atoms with Crippen molar-refractivity contribution in [2.75, 3.05) is 12.3 Å². The predicted molar refractivity (Wildman–Crippen MR) is 91.7 cm³/mol. The van der Waals surface area contributed by atoms with Gasteiger partial charge in [0.15, 0.2) is 0 Å². The van der Waals surface area contributed by atoms with Crippen molar-refractivity contribution in [2.45, 2.75) is 64.2 Å². The summed E-state index contributed by atoms with van der Waals surface area (Å²) in [4.78, 5) is 0. The van der Waals surface area contributed by atoms with Gasteiger partial charge in [0.05, 0.1) is 0 Å². The second-order valence-electron chi connectivity index (χ2n) is 6.09. The van der Waals surface area contributed by atoms with E-state index in [2.05, 4.69) is 56.0 Å². The van der Waals surface area contributed by atoms with Crippen LogP contribution in [0.4, 0.5) is 0 Å². The van der Waals surface area contributed by atoms with E-state index >= 15 is 0 Å². The van der Waals surface area contributed by atoms with Gasteiger partial charge in [0, 0.05) is 17.0 Å². The summed E-state index contributed by atoms with van der Waals surface area (Å²) in [5.41, 5.74) is 4.27. The summed E-state index contributed by atoms with van der Waals surface area (Å²) in [6.07, 6.45) is 6.94. The zero-order chi connectivity index (χ0) is 14.4. The third-order valence-electron chi connectivity index (χ3n) is 4.37. The zero-order valence-electron chi connectivity index (χ0n) is 13.2. The molecule has 1 saturated carbocycles. The molecule has 0 heterocycles. The number of hydrogen-bond acceptors (Lipinski definition) is 2. The first-order valence-corrected chi connectivity index (χ1v) is 9.17. The van der Waals surface area contributed by atoms with Crippen molar-refractivity contribution in [1.82, 2.24) is 5.32 Å². The summed E-state index contributed by atoms with van der Waals surface area (Å²) in [5, 5.41) is 4.65. The van der Waals surface area contributed by atoms with Crippen molar-refractivity contribution in [2.24, 2.45) is 0 Å². The highest BCUT2D eigenvalue weighted by Crippen LogP contribution is 2.32. The minimum atomic E-state index is 0.514. The van der Waals surface area contributed by atoms with Gasteiger partial charge in [-0.3, -0.25) is 0 Å². The third kappa shape index (κ3) is 4.53. The van der Waals surface area contributed by atoms with Crippen molar-refractivity contribution in [1.29, 1.82) is 0 Å². The van der Waals surface area contributed by atoms with Crippen LogP contribution in [0.3, 0.4) is 0 Å². The lowest BCUT2D eigenvalue weighted by molar-refractivity contribution is 0.576. The Bertz CT molecular complexity index is 410. The van der Waals surface area contributed by atoms with Crippen LogP contribution in [-0.2, 0) is 0 Å².